The third-order valence-electron chi connectivity index (χ3n) is 5.13. The molecule has 0 radical (unpaired) electrons. The summed E-state index contributed by atoms with van der Waals surface area (Å²) in [6, 6.07) is 0. The van der Waals surface area contributed by atoms with Gasteiger partial charge in [0.15, 0.2) is 0 Å². The van der Waals surface area contributed by atoms with Crippen LogP contribution in [0.2, 0.25) is 13.3 Å². The fourth-order valence-corrected chi connectivity index (χ4v) is 21.0. The molecule has 1 unspecified atom stereocenters. The Morgan fingerprint density at radius 3 is 1.92 bits per heavy atom. The topological polar surface area (TPSA) is 38.8 Å². The van der Waals surface area contributed by atoms with Gasteiger partial charge in [0.2, 0.25) is 0 Å². The number of hydrogen-bond donors (Lipinski definition) is 0. The van der Waals surface area contributed by atoms with Gasteiger partial charge in [-0.15, -0.1) is 0 Å². The monoisotopic (exact) mass is 463 g/mol. The molecular formula is C20H41NO3Sn. The van der Waals surface area contributed by atoms with Gasteiger partial charge in [-0.2, -0.15) is 0 Å². The van der Waals surface area contributed by atoms with Crippen molar-refractivity contribution in [2.45, 2.75) is 103 Å². The Morgan fingerprint density at radius 1 is 1.04 bits per heavy atom. The molecule has 1 heterocycles. The van der Waals surface area contributed by atoms with Crippen molar-refractivity contribution >= 4 is 24.5 Å². The van der Waals surface area contributed by atoms with Gasteiger partial charge in [-0.3, -0.25) is 0 Å². The van der Waals surface area contributed by atoms with Crippen molar-refractivity contribution in [1.29, 1.82) is 0 Å². The van der Waals surface area contributed by atoms with Gasteiger partial charge in [0.25, 0.3) is 0 Å². The molecule has 0 aromatic heterocycles. The van der Waals surface area contributed by atoms with Crippen LogP contribution in [0.15, 0.2) is 0 Å². The first-order valence-corrected chi connectivity index (χ1v) is 18.1. The summed E-state index contributed by atoms with van der Waals surface area (Å²) in [5.41, 5.74) is -0.446. The molecule has 0 aliphatic carbocycles. The molecule has 1 rings (SSSR count). The van der Waals surface area contributed by atoms with Crippen LogP contribution in [-0.4, -0.2) is 52.4 Å². The second-order valence-corrected chi connectivity index (χ2v) is 22.0. The zero-order valence-corrected chi connectivity index (χ0v) is 20.4. The summed E-state index contributed by atoms with van der Waals surface area (Å²) in [5, 5.41) is 0. The molecule has 1 atom stereocenters. The Balaban J connectivity index is 3.04. The molecule has 1 fully saturated rings. The number of unbranched alkanes of at least 4 members (excludes halogenated alkanes) is 3. The van der Waals surface area contributed by atoms with E-state index in [0.717, 1.165) is 0 Å². The third kappa shape index (κ3) is 7.28. The van der Waals surface area contributed by atoms with E-state index >= 15 is 0 Å². The molecule has 0 aromatic carbocycles. The Morgan fingerprint density at radius 2 is 1.52 bits per heavy atom. The van der Waals surface area contributed by atoms with Gasteiger partial charge in [-0.05, 0) is 0 Å². The molecule has 1 aliphatic heterocycles. The number of rotatable bonds is 10. The van der Waals surface area contributed by atoms with Gasteiger partial charge in [-0.1, -0.05) is 0 Å². The minimum atomic E-state index is -2.64. The van der Waals surface area contributed by atoms with Gasteiger partial charge in [0, 0.05) is 0 Å². The maximum absolute atomic E-state index is 12.8. The molecule has 0 spiro atoms. The third-order valence-corrected chi connectivity index (χ3v) is 21.0. The first kappa shape index (κ1) is 23.1. The summed E-state index contributed by atoms with van der Waals surface area (Å²) < 4.78 is 16.1. The summed E-state index contributed by atoms with van der Waals surface area (Å²) >= 11 is -2.64. The molecule has 1 saturated heterocycles. The Labute approximate surface area is 159 Å². The molecule has 5 heteroatoms. The van der Waals surface area contributed by atoms with Crippen LogP contribution >= 0.6 is 0 Å². The van der Waals surface area contributed by atoms with E-state index in [1.165, 1.54) is 51.8 Å². The van der Waals surface area contributed by atoms with E-state index in [1.54, 1.807) is 0 Å². The number of amides is 1. The SMILES string of the molecule is CCC[CH2][Sn]([CH2]CCC)([CH2]CCC)[CH]1OCCN1C(=O)OC(C)(C)C. The molecule has 4 nitrogen and oxygen atoms in total. The predicted octanol–water partition coefficient (Wildman–Crippen LogP) is 5.97. The molecule has 0 aromatic rings. The van der Waals surface area contributed by atoms with Gasteiger partial charge in [0.05, 0.1) is 0 Å². The average Bonchev–Trinajstić information content (AvgIpc) is 3.03. The Kier molecular flexibility index (Phi) is 10.2. The predicted molar refractivity (Wildman–Crippen MR) is 108 cm³/mol. The second-order valence-electron chi connectivity index (χ2n) is 8.57. The van der Waals surface area contributed by atoms with Crippen LogP contribution in [0.1, 0.15) is 80.1 Å². The van der Waals surface area contributed by atoms with Crippen molar-refractivity contribution in [3.05, 3.63) is 0 Å². The van der Waals surface area contributed by atoms with Crippen LogP contribution < -0.4 is 0 Å². The van der Waals surface area contributed by atoms with E-state index in [9.17, 15) is 4.79 Å². The van der Waals surface area contributed by atoms with Crippen LogP contribution in [0.4, 0.5) is 4.79 Å². The molecular weight excluding hydrogens is 421 g/mol. The van der Waals surface area contributed by atoms with Crippen molar-refractivity contribution in [2.75, 3.05) is 13.2 Å². The number of ether oxygens (including phenoxy) is 2. The van der Waals surface area contributed by atoms with Crippen molar-refractivity contribution in [3.63, 3.8) is 0 Å². The number of carbonyl (C=O) groups excluding carboxylic acids is 1. The summed E-state index contributed by atoms with van der Waals surface area (Å²) in [6.07, 6.45) is 7.38. The summed E-state index contributed by atoms with van der Waals surface area (Å²) in [4.78, 5) is 14.8. The molecule has 148 valence electrons. The van der Waals surface area contributed by atoms with Crippen LogP contribution in [-0.2, 0) is 9.47 Å². The molecule has 0 bridgehead atoms. The second kappa shape index (κ2) is 11.0. The van der Waals surface area contributed by atoms with E-state index in [0.29, 0.717) is 13.2 Å². The van der Waals surface area contributed by atoms with E-state index in [1.807, 2.05) is 25.7 Å². The first-order chi connectivity index (χ1) is 11.8. The van der Waals surface area contributed by atoms with Gasteiger partial charge >= 0.3 is 160 Å². The van der Waals surface area contributed by atoms with Crippen molar-refractivity contribution in [1.82, 2.24) is 4.90 Å². The van der Waals surface area contributed by atoms with Gasteiger partial charge in [0.1, 0.15) is 0 Å². The number of nitrogens with zero attached hydrogens (tertiary/aromatic N) is 1. The summed E-state index contributed by atoms with van der Waals surface area (Å²) in [6.45, 7) is 14.0. The molecule has 25 heavy (non-hydrogen) atoms. The number of carbonyl (C=O) groups is 1. The van der Waals surface area contributed by atoms with Crippen LogP contribution in [0.3, 0.4) is 0 Å². The van der Waals surface area contributed by atoms with Crippen LogP contribution in [0.25, 0.3) is 0 Å². The van der Waals surface area contributed by atoms with Crippen molar-refractivity contribution in [2.24, 2.45) is 0 Å². The fraction of sp³-hybridized carbons (Fsp3) is 0.950. The van der Waals surface area contributed by atoms with Crippen LogP contribution in [0, 0.1) is 0 Å². The van der Waals surface area contributed by atoms with Gasteiger partial charge < -0.3 is 0 Å². The van der Waals surface area contributed by atoms with Crippen LogP contribution in [0.5, 0.6) is 0 Å². The molecule has 1 amide bonds. The van der Waals surface area contributed by atoms with E-state index < -0.39 is 24.0 Å². The molecule has 1 aliphatic rings. The van der Waals surface area contributed by atoms with E-state index in [4.69, 9.17) is 9.47 Å². The first-order valence-electron chi connectivity index (χ1n) is 10.4. The quantitative estimate of drug-likeness (QED) is 0.376. The number of hydrogen-bond acceptors (Lipinski definition) is 3. The van der Waals surface area contributed by atoms with Crippen molar-refractivity contribution in [3.8, 4) is 0 Å². The standard InChI is InChI=1S/C8H14NO3.3C4H9.Sn/c1-8(2,3)12-7(10)9-4-5-11-6-9;3*1-3-4-2;/h6H,4-5H2,1-3H3;3*1,3-4H2,2H3;. The average molecular weight is 462 g/mol. The zero-order chi connectivity index (χ0) is 18.9. The Hall–Kier alpha value is 0.0287. The summed E-state index contributed by atoms with van der Waals surface area (Å²) in [7, 11) is 0. The van der Waals surface area contributed by atoms with Crippen molar-refractivity contribution < 1.29 is 14.3 Å². The Bertz CT molecular complexity index is 373. The van der Waals surface area contributed by atoms with Gasteiger partial charge in [-0.25, -0.2) is 0 Å². The van der Waals surface area contributed by atoms with E-state index in [2.05, 4.69) is 20.8 Å². The summed E-state index contributed by atoms with van der Waals surface area (Å²) in [5.74, 6) is 0. The maximum atomic E-state index is 12.8. The molecule has 0 saturated carbocycles. The van der Waals surface area contributed by atoms with E-state index in [-0.39, 0.29) is 10.3 Å². The molecule has 0 N–H and O–H groups in total. The normalized spacial score (nSPS) is 18.6. The minimum absolute atomic E-state index is 0.0776. The fourth-order valence-electron chi connectivity index (χ4n) is 3.82. The zero-order valence-electron chi connectivity index (χ0n) is 17.5.